The zero-order valence-electron chi connectivity index (χ0n) is 12.9. The number of carbonyl (C=O) groups is 2. The molecule has 1 fully saturated rings. The second kappa shape index (κ2) is 7.47. The highest BCUT2D eigenvalue weighted by atomic mass is 16.4. The van der Waals surface area contributed by atoms with Crippen LogP contribution in [-0.2, 0) is 4.79 Å². The summed E-state index contributed by atoms with van der Waals surface area (Å²) in [6.45, 7) is 12.0. The van der Waals surface area contributed by atoms with E-state index in [0.717, 1.165) is 19.6 Å². The SMILES string of the molecule is CC(C)CN1CCN(C(=O)N[C@H](C(=O)O)C(C)C)CC1. The number of aliphatic carboxylic acids is 1. The summed E-state index contributed by atoms with van der Waals surface area (Å²) >= 11 is 0. The summed E-state index contributed by atoms with van der Waals surface area (Å²) in [7, 11) is 0. The summed E-state index contributed by atoms with van der Waals surface area (Å²) in [5.74, 6) is -0.488. The van der Waals surface area contributed by atoms with E-state index < -0.39 is 12.0 Å². The van der Waals surface area contributed by atoms with Crippen LogP contribution >= 0.6 is 0 Å². The van der Waals surface area contributed by atoms with Crippen molar-refractivity contribution >= 4 is 12.0 Å². The van der Waals surface area contributed by atoms with E-state index in [4.69, 9.17) is 5.11 Å². The molecular weight excluding hydrogens is 258 g/mol. The molecule has 116 valence electrons. The lowest BCUT2D eigenvalue weighted by Gasteiger charge is -2.36. The zero-order valence-corrected chi connectivity index (χ0v) is 12.9. The van der Waals surface area contributed by atoms with Gasteiger partial charge in [-0.25, -0.2) is 9.59 Å². The van der Waals surface area contributed by atoms with Gasteiger partial charge in [0.15, 0.2) is 0 Å². The first kappa shape index (κ1) is 16.8. The molecule has 0 saturated carbocycles. The van der Waals surface area contributed by atoms with E-state index in [1.54, 1.807) is 18.7 Å². The van der Waals surface area contributed by atoms with Crippen molar-refractivity contribution in [2.75, 3.05) is 32.7 Å². The molecule has 0 bridgehead atoms. The quantitative estimate of drug-likeness (QED) is 0.793. The Hall–Kier alpha value is -1.30. The molecule has 1 aliphatic heterocycles. The second-order valence-electron chi connectivity index (χ2n) is 6.19. The van der Waals surface area contributed by atoms with Gasteiger partial charge in [0.1, 0.15) is 6.04 Å². The van der Waals surface area contributed by atoms with Gasteiger partial charge in [-0.05, 0) is 11.8 Å². The summed E-state index contributed by atoms with van der Waals surface area (Å²) < 4.78 is 0. The molecule has 0 aromatic heterocycles. The lowest BCUT2D eigenvalue weighted by atomic mass is 10.1. The molecule has 0 aromatic carbocycles. The standard InChI is InChI=1S/C14H27N3O3/c1-10(2)9-16-5-7-17(8-6-16)14(20)15-12(11(3)4)13(18)19/h10-12H,5-9H2,1-4H3,(H,15,20)(H,18,19)/t12-/m0/s1. The Morgan fingerprint density at radius 1 is 1.10 bits per heavy atom. The van der Waals surface area contributed by atoms with Crippen LogP contribution in [-0.4, -0.2) is 65.7 Å². The van der Waals surface area contributed by atoms with Crippen molar-refractivity contribution in [3.05, 3.63) is 0 Å². The van der Waals surface area contributed by atoms with Crippen LogP contribution in [0, 0.1) is 11.8 Å². The molecule has 2 amide bonds. The minimum absolute atomic E-state index is 0.126. The fourth-order valence-corrected chi connectivity index (χ4v) is 2.39. The number of rotatable bonds is 5. The molecule has 0 radical (unpaired) electrons. The number of nitrogens with one attached hydrogen (secondary N) is 1. The predicted molar refractivity (Wildman–Crippen MR) is 77.6 cm³/mol. The van der Waals surface area contributed by atoms with Gasteiger partial charge in [0.2, 0.25) is 0 Å². The van der Waals surface area contributed by atoms with Crippen LogP contribution < -0.4 is 5.32 Å². The van der Waals surface area contributed by atoms with Gasteiger partial charge in [-0.2, -0.15) is 0 Å². The first-order valence-electron chi connectivity index (χ1n) is 7.31. The van der Waals surface area contributed by atoms with Crippen molar-refractivity contribution in [2.45, 2.75) is 33.7 Å². The van der Waals surface area contributed by atoms with Crippen LogP contribution in [0.2, 0.25) is 0 Å². The second-order valence-corrected chi connectivity index (χ2v) is 6.19. The van der Waals surface area contributed by atoms with Crippen molar-refractivity contribution in [1.82, 2.24) is 15.1 Å². The maximum Gasteiger partial charge on any atom is 0.326 e. The third kappa shape index (κ3) is 5.00. The van der Waals surface area contributed by atoms with Crippen molar-refractivity contribution in [1.29, 1.82) is 0 Å². The third-order valence-corrected chi connectivity index (χ3v) is 3.49. The molecule has 0 aromatic rings. The molecule has 1 atom stereocenters. The Kier molecular flexibility index (Phi) is 6.26. The molecule has 2 N–H and O–H groups in total. The maximum atomic E-state index is 12.1. The minimum atomic E-state index is -0.980. The van der Waals surface area contributed by atoms with Crippen molar-refractivity contribution in [3.63, 3.8) is 0 Å². The number of hydrogen-bond acceptors (Lipinski definition) is 3. The Bertz CT molecular complexity index is 337. The summed E-state index contributed by atoms with van der Waals surface area (Å²) in [5, 5.41) is 11.7. The van der Waals surface area contributed by atoms with Gasteiger partial charge in [0.05, 0.1) is 0 Å². The van der Waals surface area contributed by atoms with Gasteiger partial charge >= 0.3 is 12.0 Å². The number of nitrogens with zero attached hydrogens (tertiary/aromatic N) is 2. The van der Waals surface area contributed by atoms with Crippen LogP contribution in [0.5, 0.6) is 0 Å². The largest absolute Gasteiger partial charge is 0.480 e. The molecule has 6 nitrogen and oxygen atoms in total. The van der Waals surface area contributed by atoms with Gasteiger partial charge in [-0.3, -0.25) is 4.90 Å². The van der Waals surface area contributed by atoms with Crippen LogP contribution in [0.3, 0.4) is 0 Å². The lowest BCUT2D eigenvalue weighted by molar-refractivity contribution is -0.140. The lowest BCUT2D eigenvalue weighted by Crippen LogP contribution is -2.55. The van der Waals surface area contributed by atoms with Gasteiger partial charge in [0.25, 0.3) is 0 Å². The average molecular weight is 285 g/mol. The van der Waals surface area contributed by atoms with E-state index in [0.29, 0.717) is 19.0 Å². The monoisotopic (exact) mass is 285 g/mol. The highest BCUT2D eigenvalue weighted by Gasteiger charge is 2.27. The number of carboxylic acids is 1. The molecule has 0 unspecified atom stereocenters. The van der Waals surface area contributed by atoms with E-state index in [-0.39, 0.29) is 11.9 Å². The molecule has 20 heavy (non-hydrogen) atoms. The highest BCUT2D eigenvalue weighted by molar-refractivity contribution is 5.82. The number of hydrogen-bond donors (Lipinski definition) is 2. The van der Waals surface area contributed by atoms with E-state index in [1.807, 2.05) is 0 Å². The summed E-state index contributed by atoms with van der Waals surface area (Å²) in [6, 6.07) is -1.09. The van der Waals surface area contributed by atoms with Crippen molar-refractivity contribution in [2.24, 2.45) is 11.8 Å². The number of urea groups is 1. The molecule has 6 heteroatoms. The van der Waals surface area contributed by atoms with E-state index >= 15 is 0 Å². The Morgan fingerprint density at radius 3 is 2.05 bits per heavy atom. The van der Waals surface area contributed by atoms with E-state index in [9.17, 15) is 9.59 Å². The molecule has 0 aliphatic carbocycles. The molecule has 1 heterocycles. The fraction of sp³-hybridized carbons (Fsp3) is 0.857. The molecule has 1 aliphatic rings. The zero-order chi connectivity index (χ0) is 15.3. The van der Waals surface area contributed by atoms with Crippen molar-refractivity contribution in [3.8, 4) is 0 Å². The molecular formula is C14H27N3O3. The first-order valence-corrected chi connectivity index (χ1v) is 7.31. The molecule has 0 spiro atoms. The van der Waals surface area contributed by atoms with Gasteiger partial charge < -0.3 is 15.3 Å². The van der Waals surface area contributed by atoms with E-state index in [1.165, 1.54) is 0 Å². The predicted octanol–water partition coefficient (Wildman–Crippen LogP) is 1.08. The van der Waals surface area contributed by atoms with Crippen LogP contribution in [0.25, 0.3) is 0 Å². The highest BCUT2D eigenvalue weighted by Crippen LogP contribution is 2.07. The van der Waals surface area contributed by atoms with Crippen LogP contribution in [0.4, 0.5) is 4.79 Å². The average Bonchev–Trinajstić information content (AvgIpc) is 2.35. The number of piperazine rings is 1. The summed E-state index contributed by atoms with van der Waals surface area (Å²) in [4.78, 5) is 27.2. The molecule has 1 saturated heterocycles. The Labute approximate surface area is 121 Å². The minimum Gasteiger partial charge on any atom is -0.480 e. The number of carbonyl (C=O) groups excluding carboxylic acids is 1. The Balaban J connectivity index is 2.44. The van der Waals surface area contributed by atoms with E-state index in [2.05, 4.69) is 24.1 Å². The van der Waals surface area contributed by atoms with Gasteiger partial charge in [-0.15, -0.1) is 0 Å². The fourth-order valence-electron chi connectivity index (χ4n) is 2.39. The number of carboxylic acid groups (broad SMARTS) is 1. The first-order chi connectivity index (χ1) is 9.31. The number of amides is 2. The summed E-state index contributed by atoms with van der Waals surface area (Å²) in [6.07, 6.45) is 0. The smallest absolute Gasteiger partial charge is 0.326 e. The Morgan fingerprint density at radius 2 is 1.65 bits per heavy atom. The van der Waals surface area contributed by atoms with Crippen molar-refractivity contribution < 1.29 is 14.7 Å². The van der Waals surface area contributed by atoms with Crippen LogP contribution in [0.15, 0.2) is 0 Å². The van der Waals surface area contributed by atoms with Crippen LogP contribution in [0.1, 0.15) is 27.7 Å². The third-order valence-electron chi connectivity index (χ3n) is 3.49. The van der Waals surface area contributed by atoms with Gasteiger partial charge in [-0.1, -0.05) is 27.7 Å². The maximum absolute atomic E-state index is 12.1. The molecule has 1 rings (SSSR count). The van der Waals surface area contributed by atoms with Gasteiger partial charge in [0, 0.05) is 32.7 Å². The topological polar surface area (TPSA) is 72.9 Å². The normalized spacial score (nSPS) is 18.4. The summed E-state index contributed by atoms with van der Waals surface area (Å²) in [5.41, 5.74) is 0.